The zero-order chi connectivity index (χ0) is 40.0. The quantitative estimate of drug-likeness (QED) is 0.0382. The monoisotopic (exact) mass is 765 g/mol. The summed E-state index contributed by atoms with van der Waals surface area (Å²) in [5.74, 6) is -0.660. The van der Waals surface area contributed by atoms with E-state index in [1.165, 1.54) is 96.3 Å². The fourth-order valence-corrected chi connectivity index (χ4v) is 6.07. The highest BCUT2D eigenvalue weighted by Crippen LogP contribution is 2.15. The van der Waals surface area contributed by atoms with Gasteiger partial charge in [0, 0.05) is 12.8 Å². The lowest BCUT2D eigenvalue weighted by atomic mass is 10.0. The topological polar surface area (TPSA) is 72.8 Å². The molecule has 0 amide bonds. The highest BCUT2D eigenvalue weighted by atomic mass is 16.6. The molecule has 0 heterocycles. The maximum atomic E-state index is 12.2. The van der Waals surface area contributed by atoms with Gasteiger partial charge in [-0.2, -0.15) is 0 Å². The minimum atomic E-state index is -0.805. The minimum absolute atomic E-state index is 0.0913. The van der Waals surface area contributed by atoms with Gasteiger partial charge in [0.2, 0.25) is 0 Å². The van der Waals surface area contributed by atoms with Crippen molar-refractivity contribution in [2.24, 2.45) is 0 Å². The molecule has 0 saturated heterocycles. The molecular weight excluding hydrogens is 681 g/mol. The van der Waals surface area contributed by atoms with Crippen LogP contribution in [0.1, 0.15) is 200 Å². The van der Waals surface area contributed by atoms with Crippen molar-refractivity contribution >= 4 is 11.9 Å². The number of hydrogen-bond donors (Lipinski definition) is 1. The number of rotatable bonds is 40. The van der Waals surface area contributed by atoms with Crippen molar-refractivity contribution in [3.63, 3.8) is 0 Å². The second-order valence-electron chi connectivity index (χ2n) is 14.8. The largest absolute Gasteiger partial charge is 0.462 e. The van der Waals surface area contributed by atoms with E-state index in [2.05, 4.69) is 98.9 Å². The van der Waals surface area contributed by atoms with Gasteiger partial charge in [-0.05, 0) is 64.2 Å². The first-order valence-electron chi connectivity index (χ1n) is 22.6. The predicted octanol–water partition coefficient (Wildman–Crippen LogP) is 14.7. The van der Waals surface area contributed by atoms with E-state index in [-0.39, 0.29) is 31.6 Å². The lowest BCUT2D eigenvalue weighted by Crippen LogP contribution is -2.28. The Balaban J connectivity index is 3.66. The van der Waals surface area contributed by atoms with Crippen molar-refractivity contribution in [2.45, 2.75) is 206 Å². The molecule has 0 rings (SSSR count). The minimum Gasteiger partial charge on any atom is -0.462 e. The summed E-state index contributed by atoms with van der Waals surface area (Å²) in [6.07, 6.45) is 62.3. The predicted molar refractivity (Wildman–Crippen MR) is 237 cm³/mol. The van der Waals surface area contributed by atoms with Crippen LogP contribution in [0.3, 0.4) is 0 Å². The summed E-state index contributed by atoms with van der Waals surface area (Å²) in [6, 6.07) is 0. The summed E-state index contributed by atoms with van der Waals surface area (Å²) in [4.78, 5) is 24.3. The number of carbonyl (C=O) groups is 2. The summed E-state index contributed by atoms with van der Waals surface area (Å²) in [7, 11) is 0. The zero-order valence-electron chi connectivity index (χ0n) is 35.7. The van der Waals surface area contributed by atoms with Crippen LogP contribution in [0.4, 0.5) is 0 Å². The molecule has 0 spiro atoms. The van der Waals surface area contributed by atoms with Gasteiger partial charge in [-0.1, -0.05) is 208 Å². The Kier molecular flexibility index (Phi) is 43.1. The zero-order valence-corrected chi connectivity index (χ0v) is 35.7. The van der Waals surface area contributed by atoms with Crippen LogP contribution in [0, 0.1) is 0 Å². The normalized spacial score (nSPS) is 13.0. The number of aliphatic hydroxyl groups is 1. The summed E-state index contributed by atoms with van der Waals surface area (Å²) < 4.78 is 10.6. The Labute approximate surface area is 339 Å². The van der Waals surface area contributed by atoms with E-state index in [0.717, 1.165) is 70.6 Å². The van der Waals surface area contributed by atoms with Crippen LogP contribution in [-0.4, -0.2) is 36.4 Å². The molecule has 55 heavy (non-hydrogen) atoms. The Morgan fingerprint density at radius 1 is 0.436 bits per heavy atom. The highest BCUT2D eigenvalue weighted by molar-refractivity contribution is 5.70. The maximum absolute atomic E-state index is 12.2. The molecule has 0 radical (unpaired) electrons. The second-order valence-corrected chi connectivity index (χ2v) is 14.8. The molecule has 0 fully saturated rings. The van der Waals surface area contributed by atoms with Crippen LogP contribution in [-0.2, 0) is 19.1 Å². The first-order valence-corrected chi connectivity index (χ1v) is 22.6. The van der Waals surface area contributed by atoms with Crippen molar-refractivity contribution < 1.29 is 24.2 Å². The Hall–Kier alpha value is -2.92. The van der Waals surface area contributed by atoms with Crippen LogP contribution >= 0.6 is 0 Å². The van der Waals surface area contributed by atoms with Gasteiger partial charge in [-0.3, -0.25) is 9.59 Å². The van der Waals surface area contributed by atoms with Crippen molar-refractivity contribution in [3.05, 3.63) is 85.1 Å². The molecule has 0 aliphatic rings. The van der Waals surface area contributed by atoms with Crippen LogP contribution in [0.15, 0.2) is 85.1 Å². The van der Waals surface area contributed by atoms with Gasteiger partial charge in [0.15, 0.2) is 6.10 Å². The summed E-state index contributed by atoms with van der Waals surface area (Å²) >= 11 is 0. The van der Waals surface area contributed by atoms with Crippen molar-refractivity contribution in [3.8, 4) is 0 Å². The highest BCUT2D eigenvalue weighted by Gasteiger charge is 2.16. The number of esters is 2. The van der Waals surface area contributed by atoms with Gasteiger partial charge < -0.3 is 14.6 Å². The molecule has 0 aromatic heterocycles. The van der Waals surface area contributed by atoms with Gasteiger partial charge >= 0.3 is 11.9 Å². The third-order valence-corrected chi connectivity index (χ3v) is 9.45. The van der Waals surface area contributed by atoms with E-state index in [0.29, 0.717) is 12.8 Å². The summed E-state index contributed by atoms with van der Waals surface area (Å²) in [6.45, 7) is 3.98. The standard InChI is InChI=1S/C50H84O5/c1-3-5-7-9-11-13-15-17-19-21-23-24-25-26-27-29-31-33-35-37-39-41-43-45-50(53)55-48(46-51)47-54-49(52)44-42-40-38-36-34-32-30-28-22-20-18-16-14-12-10-8-6-4-2/h5,7,11,13,17,19,23-24,26-27,31,33,37,39,48,51H,3-4,6,8-10,12,14-16,18,20-22,25,28-30,32,34-36,38,40-47H2,1-2H3/b7-5-,13-11-,19-17-,24-23-,27-26-,33-31-,39-37-. The third-order valence-electron chi connectivity index (χ3n) is 9.45. The van der Waals surface area contributed by atoms with Crippen LogP contribution < -0.4 is 0 Å². The molecule has 0 aromatic rings. The van der Waals surface area contributed by atoms with Crippen molar-refractivity contribution in [1.82, 2.24) is 0 Å². The lowest BCUT2D eigenvalue weighted by Gasteiger charge is -2.15. The van der Waals surface area contributed by atoms with E-state index < -0.39 is 6.10 Å². The van der Waals surface area contributed by atoms with E-state index >= 15 is 0 Å². The van der Waals surface area contributed by atoms with Crippen LogP contribution in [0.5, 0.6) is 0 Å². The van der Waals surface area contributed by atoms with E-state index in [1.807, 2.05) is 0 Å². The molecule has 314 valence electrons. The summed E-state index contributed by atoms with van der Waals surface area (Å²) in [5.41, 5.74) is 0. The van der Waals surface area contributed by atoms with E-state index in [9.17, 15) is 14.7 Å². The molecular formula is C50H84O5. The van der Waals surface area contributed by atoms with Gasteiger partial charge in [-0.25, -0.2) is 0 Å². The average Bonchev–Trinajstić information content (AvgIpc) is 3.19. The molecule has 0 saturated carbocycles. The SMILES string of the molecule is CC/C=C\C/C=C\C/C=C\C/C=C\C/C=C\C/C=C\C/C=C\CCCC(=O)OC(CO)COC(=O)CCCCCCCCCCCCCCCCCCCC. The Morgan fingerprint density at radius 2 is 0.782 bits per heavy atom. The Bertz CT molecular complexity index is 1050. The van der Waals surface area contributed by atoms with E-state index in [1.54, 1.807) is 0 Å². The molecule has 5 heteroatoms. The van der Waals surface area contributed by atoms with Crippen LogP contribution in [0.2, 0.25) is 0 Å². The van der Waals surface area contributed by atoms with Crippen molar-refractivity contribution in [1.29, 1.82) is 0 Å². The number of hydrogen-bond acceptors (Lipinski definition) is 5. The van der Waals surface area contributed by atoms with Gasteiger partial charge in [0.25, 0.3) is 0 Å². The fraction of sp³-hybridized carbons (Fsp3) is 0.680. The number of aliphatic hydroxyl groups excluding tert-OH is 1. The number of allylic oxidation sites excluding steroid dienone is 14. The number of unbranched alkanes of at least 4 members (excludes halogenated alkanes) is 18. The smallest absolute Gasteiger partial charge is 0.306 e. The molecule has 0 aliphatic heterocycles. The second kappa shape index (κ2) is 45.5. The lowest BCUT2D eigenvalue weighted by molar-refractivity contribution is -0.161. The molecule has 0 aliphatic carbocycles. The molecule has 1 atom stereocenters. The third kappa shape index (κ3) is 43.7. The summed E-state index contributed by atoms with van der Waals surface area (Å²) in [5, 5.41) is 9.58. The molecule has 0 bridgehead atoms. The van der Waals surface area contributed by atoms with Gasteiger partial charge in [0.05, 0.1) is 6.61 Å². The first-order chi connectivity index (χ1) is 27.1. The van der Waals surface area contributed by atoms with Gasteiger partial charge in [0.1, 0.15) is 6.61 Å². The van der Waals surface area contributed by atoms with Crippen molar-refractivity contribution in [2.75, 3.05) is 13.2 Å². The molecule has 1 N–H and O–H groups in total. The molecule has 0 aromatic carbocycles. The fourth-order valence-electron chi connectivity index (χ4n) is 6.07. The Morgan fingerprint density at radius 3 is 1.16 bits per heavy atom. The van der Waals surface area contributed by atoms with Crippen LogP contribution in [0.25, 0.3) is 0 Å². The maximum Gasteiger partial charge on any atom is 0.306 e. The molecule has 1 unspecified atom stereocenters. The van der Waals surface area contributed by atoms with E-state index in [4.69, 9.17) is 9.47 Å². The van der Waals surface area contributed by atoms with Gasteiger partial charge in [-0.15, -0.1) is 0 Å². The average molecular weight is 765 g/mol. The number of ether oxygens (including phenoxy) is 2. The number of carbonyl (C=O) groups excluding carboxylic acids is 2. The molecule has 5 nitrogen and oxygen atoms in total. The first kappa shape index (κ1) is 52.1.